The molecule has 1 aromatic carbocycles. The van der Waals surface area contributed by atoms with E-state index >= 15 is 0 Å². The number of hydrogen-bond acceptors (Lipinski definition) is 5. The summed E-state index contributed by atoms with van der Waals surface area (Å²) in [6.45, 7) is 4.23. The van der Waals surface area contributed by atoms with E-state index in [1.54, 1.807) is 11.0 Å². The van der Waals surface area contributed by atoms with Crippen LogP contribution in [0.2, 0.25) is 0 Å². The molecule has 0 saturated heterocycles. The predicted molar refractivity (Wildman–Crippen MR) is 111 cm³/mol. The molecule has 1 N–H and O–H groups in total. The number of aryl methyl sites for hydroxylation is 1. The van der Waals surface area contributed by atoms with Gasteiger partial charge in [0.25, 0.3) is 0 Å². The Hall–Kier alpha value is -3.81. The molecule has 4 heterocycles. The highest BCUT2D eigenvalue weighted by atomic mass is 15.3. The number of pyridine rings is 1. The first kappa shape index (κ1) is 17.3. The summed E-state index contributed by atoms with van der Waals surface area (Å²) >= 11 is 0. The van der Waals surface area contributed by atoms with Crippen molar-refractivity contribution >= 4 is 10.9 Å². The molecule has 0 aliphatic rings. The summed E-state index contributed by atoms with van der Waals surface area (Å²) in [5, 5.41) is 21.4. The van der Waals surface area contributed by atoms with Crippen molar-refractivity contribution in [3.63, 3.8) is 0 Å². The molecule has 0 spiro atoms. The minimum absolute atomic E-state index is 0.278. The van der Waals surface area contributed by atoms with Crippen LogP contribution >= 0.6 is 0 Å². The molecule has 0 unspecified atom stereocenters. The van der Waals surface area contributed by atoms with Gasteiger partial charge in [0.2, 0.25) is 0 Å². The monoisotopic (exact) mass is 384 g/mol. The van der Waals surface area contributed by atoms with Crippen LogP contribution in [0.1, 0.15) is 19.9 Å². The normalized spacial score (nSPS) is 11.6. The van der Waals surface area contributed by atoms with Gasteiger partial charge in [-0.1, -0.05) is 0 Å². The summed E-state index contributed by atoms with van der Waals surface area (Å²) in [6, 6.07) is 8.53. The van der Waals surface area contributed by atoms with E-state index < -0.39 is 0 Å². The zero-order chi connectivity index (χ0) is 20.0. The summed E-state index contributed by atoms with van der Waals surface area (Å²) in [7, 11) is 1.90. The van der Waals surface area contributed by atoms with Gasteiger partial charge in [0.05, 0.1) is 11.7 Å². The van der Waals surface area contributed by atoms with E-state index in [-0.39, 0.29) is 6.04 Å². The lowest BCUT2D eigenvalue weighted by Crippen LogP contribution is -2.01. The van der Waals surface area contributed by atoms with E-state index in [0.29, 0.717) is 0 Å². The van der Waals surface area contributed by atoms with Crippen molar-refractivity contribution in [3.8, 4) is 33.8 Å². The van der Waals surface area contributed by atoms with Gasteiger partial charge in [0.1, 0.15) is 12.0 Å². The van der Waals surface area contributed by atoms with Crippen LogP contribution in [0, 0.1) is 0 Å². The molecule has 0 amide bonds. The number of benzene rings is 1. The smallest absolute Gasteiger partial charge is 0.164 e. The number of nitrogens with one attached hydrogen (secondary N) is 1. The Morgan fingerprint density at radius 2 is 1.83 bits per heavy atom. The molecular formula is C21H20N8. The van der Waals surface area contributed by atoms with E-state index in [4.69, 9.17) is 0 Å². The Morgan fingerprint density at radius 3 is 2.62 bits per heavy atom. The third kappa shape index (κ3) is 2.98. The van der Waals surface area contributed by atoms with Crippen LogP contribution in [-0.4, -0.2) is 39.7 Å². The van der Waals surface area contributed by atoms with Crippen LogP contribution < -0.4 is 0 Å². The van der Waals surface area contributed by atoms with Crippen LogP contribution in [0.3, 0.4) is 0 Å². The molecule has 5 rings (SSSR count). The maximum atomic E-state index is 4.56. The molecule has 5 aromatic rings. The second-order valence-electron chi connectivity index (χ2n) is 7.35. The van der Waals surface area contributed by atoms with Crippen molar-refractivity contribution in [2.24, 2.45) is 7.05 Å². The maximum absolute atomic E-state index is 4.56. The molecule has 0 atom stereocenters. The Bertz CT molecular complexity index is 1310. The summed E-state index contributed by atoms with van der Waals surface area (Å²) in [5.74, 6) is 0.844. The molecule has 0 aliphatic heterocycles. The fraction of sp³-hybridized carbons (Fsp3) is 0.190. The second kappa shape index (κ2) is 6.66. The molecular weight excluding hydrogens is 364 g/mol. The van der Waals surface area contributed by atoms with E-state index in [1.165, 1.54) is 0 Å². The van der Waals surface area contributed by atoms with Gasteiger partial charge in [0, 0.05) is 59.3 Å². The van der Waals surface area contributed by atoms with Gasteiger partial charge in [0.15, 0.2) is 5.82 Å². The standard InChI is InChI=1S/C21H20N8/c1-13(2)29-12-23-27-21(29)14-4-5-19-18(7-14)20(26-25-19)16-6-15(8-22-9-16)17-10-24-28(3)11-17/h4-13H,1-3H3,(H,25,26). The third-order valence-corrected chi connectivity index (χ3v) is 5.00. The highest BCUT2D eigenvalue weighted by Gasteiger charge is 2.15. The highest BCUT2D eigenvalue weighted by Crippen LogP contribution is 2.32. The number of aromatic nitrogens is 8. The van der Waals surface area contributed by atoms with Crippen LogP contribution in [0.15, 0.2) is 55.4 Å². The lowest BCUT2D eigenvalue weighted by Gasteiger charge is -2.10. The minimum atomic E-state index is 0.278. The summed E-state index contributed by atoms with van der Waals surface area (Å²) in [6.07, 6.45) is 9.24. The van der Waals surface area contributed by atoms with Gasteiger partial charge in [-0.05, 0) is 38.1 Å². The lowest BCUT2D eigenvalue weighted by atomic mass is 10.0. The maximum Gasteiger partial charge on any atom is 0.164 e. The highest BCUT2D eigenvalue weighted by molar-refractivity contribution is 5.95. The lowest BCUT2D eigenvalue weighted by molar-refractivity contribution is 0.604. The average Bonchev–Trinajstić information content (AvgIpc) is 3.46. The molecule has 0 aliphatic carbocycles. The summed E-state index contributed by atoms with van der Waals surface area (Å²) in [4.78, 5) is 4.43. The predicted octanol–water partition coefficient (Wildman–Crippen LogP) is 3.86. The molecule has 8 nitrogen and oxygen atoms in total. The minimum Gasteiger partial charge on any atom is -0.311 e. The van der Waals surface area contributed by atoms with Crippen LogP contribution in [0.4, 0.5) is 0 Å². The quantitative estimate of drug-likeness (QED) is 0.508. The van der Waals surface area contributed by atoms with Gasteiger partial charge in [-0.25, -0.2) is 0 Å². The van der Waals surface area contributed by atoms with Gasteiger partial charge in [-0.15, -0.1) is 10.2 Å². The molecule has 4 aromatic heterocycles. The van der Waals surface area contributed by atoms with E-state index in [9.17, 15) is 0 Å². The largest absolute Gasteiger partial charge is 0.311 e. The van der Waals surface area contributed by atoms with Gasteiger partial charge >= 0.3 is 0 Å². The van der Waals surface area contributed by atoms with E-state index in [2.05, 4.69) is 61.0 Å². The van der Waals surface area contributed by atoms with Crippen molar-refractivity contribution in [3.05, 3.63) is 55.4 Å². The van der Waals surface area contributed by atoms with Gasteiger partial charge in [-0.2, -0.15) is 10.2 Å². The molecule has 0 saturated carbocycles. The number of nitrogens with zero attached hydrogens (tertiary/aromatic N) is 7. The topological polar surface area (TPSA) is 90.1 Å². The van der Waals surface area contributed by atoms with Gasteiger partial charge < -0.3 is 4.57 Å². The first-order valence-electron chi connectivity index (χ1n) is 9.42. The van der Waals surface area contributed by atoms with Crippen LogP contribution in [0.25, 0.3) is 44.7 Å². The third-order valence-electron chi connectivity index (χ3n) is 5.00. The van der Waals surface area contributed by atoms with Crippen molar-refractivity contribution < 1.29 is 0 Å². The first-order valence-corrected chi connectivity index (χ1v) is 9.42. The van der Waals surface area contributed by atoms with Crippen LogP contribution in [0.5, 0.6) is 0 Å². The molecule has 0 fully saturated rings. The molecule has 144 valence electrons. The Balaban J connectivity index is 1.62. The zero-order valence-electron chi connectivity index (χ0n) is 16.4. The van der Waals surface area contributed by atoms with Crippen LogP contribution in [-0.2, 0) is 7.05 Å². The summed E-state index contributed by atoms with van der Waals surface area (Å²) < 4.78 is 3.84. The number of rotatable bonds is 4. The van der Waals surface area contributed by atoms with Gasteiger partial charge in [-0.3, -0.25) is 14.8 Å². The molecule has 0 bridgehead atoms. The fourth-order valence-corrected chi connectivity index (χ4v) is 3.50. The number of fused-ring (bicyclic) bond motifs is 1. The van der Waals surface area contributed by atoms with Crippen molar-refractivity contribution in [2.45, 2.75) is 19.9 Å². The average molecular weight is 384 g/mol. The Labute approximate surface area is 167 Å². The Kier molecular flexibility index (Phi) is 3.97. The molecule has 0 radical (unpaired) electrons. The molecule has 8 heteroatoms. The van der Waals surface area contributed by atoms with E-state index in [0.717, 1.165) is 44.7 Å². The Morgan fingerprint density at radius 1 is 0.966 bits per heavy atom. The number of aromatic amines is 1. The molecule has 29 heavy (non-hydrogen) atoms. The van der Waals surface area contributed by atoms with Crippen molar-refractivity contribution in [2.75, 3.05) is 0 Å². The number of hydrogen-bond donors (Lipinski definition) is 1. The SMILES string of the molecule is CC(C)n1cnnc1-c1ccc2[nH]nc(-c3cncc(-c4cnn(C)c4)c3)c2c1. The first-order chi connectivity index (χ1) is 14.1. The van der Waals surface area contributed by atoms with Crippen molar-refractivity contribution in [1.29, 1.82) is 0 Å². The summed E-state index contributed by atoms with van der Waals surface area (Å²) in [5.41, 5.74) is 5.79. The number of H-pyrrole nitrogens is 1. The zero-order valence-corrected chi connectivity index (χ0v) is 16.4. The second-order valence-corrected chi connectivity index (χ2v) is 7.35. The van der Waals surface area contributed by atoms with E-state index in [1.807, 2.05) is 44.0 Å². The fourth-order valence-electron chi connectivity index (χ4n) is 3.50. The van der Waals surface area contributed by atoms with Crippen molar-refractivity contribution in [1.82, 2.24) is 39.7 Å².